The molecule has 0 saturated carbocycles. The van der Waals surface area contributed by atoms with Crippen molar-refractivity contribution in [3.63, 3.8) is 0 Å². The van der Waals surface area contributed by atoms with Crippen molar-refractivity contribution in [1.82, 2.24) is 9.97 Å². The Bertz CT molecular complexity index is 652. The number of anilines is 1. The molecule has 1 aromatic heterocycles. The minimum Gasteiger partial charge on any atom is -0.383 e. The first-order valence-electron chi connectivity index (χ1n) is 5.43. The number of hydrogen-bond acceptors (Lipinski definition) is 5. The number of benzene rings is 1. The maximum absolute atomic E-state index is 11.2. The van der Waals surface area contributed by atoms with Gasteiger partial charge in [-0.1, -0.05) is 23.9 Å². The molecule has 0 fully saturated rings. The lowest BCUT2D eigenvalue weighted by atomic mass is 10.1. The van der Waals surface area contributed by atoms with Gasteiger partial charge in [-0.25, -0.2) is 4.98 Å². The quantitative estimate of drug-likeness (QED) is 0.563. The third-order valence-corrected chi connectivity index (χ3v) is 3.30. The first-order valence-corrected chi connectivity index (χ1v) is 6.41. The standard InChI is InChI=1S/C12H12N4O2S/c13-9-5-10(17)16-12(15-9)19-6-7-1-3-8(4-2-7)11(14)18/h1-5H,6H2,(H2,14,18)(H3,13,15,16,17). The van der Waals surface area contributed by atoms with Crippen molar-refractivity contribution in [2.75, 3.05) is 5.73 Å². The van der Waals surface area contributed by atoms with Crippen LogP contribution in [0.5, 0.6) is 0 Å². The smallest absolute Gasteiger partial charge is 0.253 e. The summed E-state index contributed by atoms with van der Waals surface area (Å²) in [6.45, 7) is 0. The van der Waals surface area contributed by atoms with Gasteiger partial charge in [-0.3, -0.25) is 9.59 Å². The van der Waals surface area contributed by atoms with Crippen LogP contribution in [-0.2, 0) is 5.75 Å². The Morgan fingerprint density at radius 1 is 1.32 bits per heavy atom. The predicted molar refractivity (Wildman–Crippen MR) is 73.8 cm³/mol. The zero-order valence-corrected chi connectivity index (χ0v) is 10.7. The fourth-order valence-corrected chi connectivity index (χ4v) is 2.28. The van der Waals surface area contributed by atoms with Crippen LogP contribution in [0, 0.1) is 0 Å². The predicted octanol–water partition coefficient (Wildman–Crippen LogP) is 0.743. The van der Waals surface area contributed by atoms with Crippen molar-refractivity contribution in [1.29, 1.82) is 0 Å². The Morgan fingerprint density at radius 3 is 2.58 bits per heavy atom. The molecule has 6 nitrogen and oxygen atoms in total. The summed E-state index contributed by atoms with van der Waals surface area (Å²) in [7, 11) is 0. The number of nitrogens with two attached hydrogens (primary N) is 2. The second-order valence-electron chi connectivity index (χ2n) is 3.83. The van der Waals surface area contributed by atoms with E-state index < -0.39 is 5.91 Å². The fourth-order valence-electron chi connectivity index (χ4n) is 1.44. The van der Waals surface area contributed by atoms with E-state index in [1.165, 1.54) is 17.8 Å². The maximum Gasteiger partial charge on any atom is 0.253 e. The van der Waals surface area contributed by atoms with Gasteiger partial charge >= 0.3 is 0 Å². The van der Waals surface area contributed by atoms with Crippen LogP contribution in [0.3, 0.4) is 0 Å². The summed E-state index contributed by atoms with van der Waals surface area (Å²) < 4.78 is 0. The van der Waals surface area contributed by atoms with E-state index in [9.17, 15) is 9.59 Å². The highest BCUT2D eigenvalue weighted by molar-refractivity contribution is 7.98. The topological polar surface area (TPSA) is 115 Å². The number of carbonyl (C=O) groups excluding carboxylic acids is 1. The number of amides is 1. The molecular weight excluding hydrogens is 264 g/mol. The molecular formula is C12H12N4O2S. The number of rotatable bonds is 4. The molecule has 1 aromatic carbocycles. The SMILES string of the molecule is NC(=O)c1ccc(CSc2nc(N)cc(=O)[nH]2)cc1. The van der Waals surface area contributed by atoms with Gasteiger partial charge in [0, 0.05) is 17.4 Å². The van der Waals surface area contributed by atoms with Gasteiger partial charge in [-0.2, -0.15) is 0 Å². The molecule has 0 spiro atoms. The highest BCUT2D eigenvalue weighted by Crippen LogP contribution is 2.18. The van der Waals surface area contributed by atoms with Crippen LogP contribution in [-0.4, -0.2) is 15.9 Å². The maximum atomic E-state index is 11.2. The van der Waals surface area contributed by atoms with E-state index in [1.807, 2.05) is 0 Å². The van der Waals surface area contributed by atoms with Crippen LogP contribution in [0.4, 0.5) is 5.82 Å². The summed E-state index contributed by atoms with van der Waals surface area (Å²) >= 11 is 1.35. The van der Waals surface area contributed by atoms with Gasteiger partial charge in [0.05, 0.1) is 0 Å². The zero-order valence-electron chi connectivity index (χ0n) is 9.92. The number of aromatic amines is 1. The molecule has 0 radical (unpaired) electrons. The minimum atomic E-state index is -0.457. The van der Waals surface area contributed by atoms with Crippen molar-refractivity contribution >= 4 is 23.5 Å². The Hall–Kier alpha value is -2.28. The zero-order chi connectivity index (χ0) is 13.8. The van der Waals surface area contributed by atoms with E-state index in [0.717, 1.165) is 5.56 Å². The molecule has 0 aliphatic carbocycles. The molecule has 5 N–H and O–H groups in total. The average Bonchev–Trinajstić information content (AvgIpc) is 2.36. The molecule has 1 heterocycles. The second kappa shape index (κ2) is 5.57. The summed E-state index contributed by atoms with van der Waals surface area (Å²) in [5.74, 6) is 0.335. The van der Waals surface area contributed by atoms with Crippen molar-refractivity contribution < 1.29 is 4.79 Å². The van der Waals surface area contributed by atoms with Crippen LogP contribution in [0.2, 0.25) is 0 Å². The summed E-state index contributed by atoms with van der Waals surface area (Å²) in [4.78, 5) is 28.7. The lowest BCUT2D eigenvalue weighted by Crippen LogP contribution is -2.10. The molecule has 19 heavy (non-hydrogen) atoms. The van der Waals surface area contributed by atoms with Crippen LogP contribution in [0.25, 0.3) is 0 Å². The Balaban J connectivity index is 2.06. The van der Waals surface area contributed by atoms with Crippen LogP contribution in [0.15, 0.2) is 40.3 Å². The average molecular weight is 276 g/mol. The first-order chi connectivity index (χ1) is 9.04. The highest BCUT2D eigenvalue weighted by Gasteiger charge is 2.03. The molecule has 2 rings (SSSR count). The van der Waals surface area contributed by atoms with Gasteiger partial charge in [-0.15, -0.1) is 0 Å². The number of H-pyrrole nitrogens is 1. The van der Waals surface area contributed by atoms with Crippen molar-refractivity contribution in [2.45, 2.75) is 10.9 Å². The summed E-state index contributed by atoms with van der Waals surface area (Å²) in [5, 5.41) is 0.462. The lowest BCUT2D eigenvalue weighted by molar-refractivity contribution is 0.100. The molecule has 1 amide bonds. The number of nitrogens with zero attached hydrogens (tertiary/aromatic N) is 1. The van der Waals surface area contributed by atoms with Gasteiger partial charge in [0.15, 0.2) is 5.16 Å². The van der Waals surface area contributed by atoms with Crippen LogP contribution in [0.1, 0.15) is 15.9 Å². The Kier molecular flexibility index (Phi) is 3.86. The van der Waals surface area contributed by atoms with Gasteiger partial charge in [-0.05, 0) is 17.7 Å². The molecule has 7 heteroatoms. The summed E-state index contributed by atoms with van der Waals surface area (Å²) in [6.07, 6.45) is 0. The minimum absolute atomic E-state index is 0.190. The molecule has 0 unspecified atom stereocenters. The normalized spacial score (nSPS) is 10.3. The largest absolute Gasteiger partial charge is 0.383 e. The number of thioether (sulfide) groups is 1. The third kappa shape index (κ3) is 3.59. The number of carbonyl (C=O) groups is 1. The van der Waals surface area contributed by atoms with E-state index in [0.29, 0.717) is 16.5 Å². The van der Waals surface area contributed by atoms with E-state index in [2.05, 4.69) is 9.97 Å². The molecule has 2 aromatic rings. The van der Waals surface area contributed by atoms with Crippen molar-refractivity contribution in [2.24, 2.45) is 5.73 Å². The Labute approximate surface area is 113 Å². The van der Waals surface area contributed by atoms with Gasteiger partial charge < -0.3 is 16.5 Å². The fraction of sp³-hybridized carbons (Fsp3) is 0.0833. The highest BCUT2D eigenvalue weighted by atomic mass is 32.2. The Morgan fingerprint density at radius 2 is 2.00 bits per heavy atom. The summed E-state index contributed by atoms with van der Waals surface area (Å²) in [6, 6.07) is 8.15. The number of aromatic nitrogens is 2. The van der Waals surface area contributed by atoms with Gasteiger partial charge in [0.2, 0.25) is 5.91 Å². The molecule has 0 aliphatic heterocycles. The molecule has 98 valence electrons. The molecule has 0 aliphatic rings. The van der Waals surface area contributed by atoms with E-state index in [4.69, 9.17) is 11.5 Å². The van der Waals surface area contributed by atoms with E-state index in [-0.39, 0.29) is 11.4 Å². The van der Waals surface area contributed by atoms with Gasteiger partial charge in [0.25, 0.3) is 5.56 Å². The van der Waals surface area contributed by atoms with Crippen molar-refractivity contribution in [3.8, 4) is 0 Å². The van der Waals surface area contributed by atoms with E-state index >= 15 is 0 Å². The number of hydrogen-bond donors (Lipinski definition) is 3. The lowest BCUT2D eigenvalue weighted by Gasteiger charge is -2.02. The third-order valence-electron chi connectivity index (χ3n) is 2.35. The number of primary amides is 1. The van der Waals surface area contributed by atoms with Crippen LogP contribution < -0.4 is 17.0 Å². The van der Waals surface area contributed by atoms with Gasteiger partial charge in [0.1, 0.15) is 5.82 Å². The van der Waals surface area contributed by atoms with Crippen molar-refractivity contribution in [3.05, 3.63) is 51.8 Å². The molecule has 0 atom stereocenters. The monoisotopic (exact) mass is 276 g/mol. The summed E-state index contributed by atoms with van der Waals surface area (Å²) in [5.41, 5.74) is 11.8. The number of nitrogen functional groups attached to an aromatic ring is 1. The van der Waals surface area contributed by atoms with Crippen LogP contribution >= 0.6 is 11.8 Å². The molecule has 0 bridgehead atoms. The number of nitrogens with one attached hydrogen (secondary N) is 1. The van der Waals surface area contributed by atoms with E-state index in [1.54, 1.807) is 24.3 Å². The first kappa shape index (κ1) is 13.2. The molecule has 0 saturated heterocycles. The second-order valence-corrected chi connectivity index (χ2v) is 4.79.